The molecule has 0 aliphatic heterocycles. The third-order valence-electron chi connectivity index (χ3n) is 3.33. The van der Waals surface area contributed by atoms with E-state index in [1.807, 2.05) is 6.07 Å². The Bertz CT molecular complexity index is 505. The van der Waals surface area contributed by atoms with Gasteiger partial charge >= 0.3 is 0 Å². The molecule has 0 bridgehead atoms. The summed E-state index contributed by atoms with van der Waals surface area (Å²) in [5.41, 5.74) is 18.2. The maximum atomic E-state index is 11.5. The monoisotopic (exact) mass is 294 g/mol. The average molecular weight is 294 g/mol. The third kappa shape index (κ3) is 5.14. The molecule has 8 N–H and O–H groups in total. The van der Waals surface area contributed by atoms with Crippen LogP contribution in [0.2, 0.25) is 0 Å². The van der Waals surface area contributed by atoms with Gasteiger partial charge in [-0.2, -0.15) is 0 Å². The van der Waals surface area contributed by atoms with E-state index < -0.39 is 17.9 Å². The summed E-state index contributed by atoms with van der Waals surface area (Å²) in [4.78, 5) is 27.0. The van der Waals surface area contributed by atoms with Crippen molar-refractivity contribution in [3.8, 4) is 0 Å². The van der Waals surface area contributed by atoms with Gasteiger partial charge in [-0.15, -0.1) is 0 Å². The standard InChI is InChI=1S/C14H22N4O3/c15-12(14(17)20)7-2-1-5-10-9(8-21-18)4-3-6-11(10)13(16)19/h3-4,6,12H,1-2,5,7-8,15,18H2,(H2,16,19)(H2,17,20)/t12-/m0/s1. The number of carbonyl (C=O) groups is 2. The van der Waals surface area contributed by atoms with Gasteiger partial charge in [-0.25, -0.2) is 5.90 Å². The number of amides is 2. The summed E-state index contributed by atoms with van der Waals surface area (Å²) in [6.45, 7) is 0.206. The number of nitrogens with two attached hydrogens (primary N) is 4. The van der Waals surface area contributed by atoms with Crippen LogP contribution in [0.1, 0.15) is 40.7 Å². The lowest BCUT2D eigenvalue weighted by molar-refractivity contribution is -0.119. The van der Waals surface area contributed by atoms with Crippen molar-refractivity contribution >= 4 is 11.8 Å². The Labute approximate surface area is 123 Å². The van der Waals surface area contributed by atoms with E-state index in [4.69, 9.17) is 23.1 Å². The second-order valence-corrected chi connectivity index (χ2v) is 4.87. The van der Waals surface area contributed by atoms with Crippen molar-refractivity contribution in [2.45, 2.75) is 38.3 Å². The van der Waals surface area contributed by atoms with E-state index in [1.54, 1.807) is 12.1 Å². The van der Waals surface area contributed by atoms with E-state index in [0.717, 1.165) is 24.0 Å². The van der Waals surface area contributed by atoms with Crippen molar-refractivity contribution in [1.82, 2.24) is 0 Å². The lowest BCUT2D eigenvalue weighted by atomic mass is 9.95. The van der Waals surface area contributed by atoms with Gasteiger partial charge in [0.2, 0.25) is 11.8 Å². The van der Waals surface area contributed by atoms with Crippen LogP contribution in [0.15, 0.2) is 18.2 Å². The lowest BCUT2D eigenvalue weighted by Crippen LogP contribution is -2.36. The predicted octanol–water partition coefficient (Wildman–Crippen LogP) is -0.299. The van der Waals surface area contributed by atoms with E-state index in [0.29, 0.717) is 18.4 Å². The molecule has 0 unspecified atom stereocenters. The summed E-state index contributed by atoms with van der Waals surface area (Å²) in [6.07, 6.45) is 2.61. The largest absolute Gasteiger partial charge is 0.368 e. The average Bonchev–Trinajstić information content (AvgIpc) is 2.44. The first kappa shape index (κ1) is 17.1. The first-order chi connectivity index (χ1) is 9.97. The van der Waals surface area contributed by atoms with Crippen LogP contribution < -0.4 is 23.1 Å². The molecule has 0 aliphatic carbocycles. The van der Waals surface area contributed by atoms with Gasteiger partial charge in [-0.05, 0) is 36.5 Å². The Balaban J connectivity index is 2.71. The number of hydrogen-bond donors (Lipinski definition) is 4. The molecule has 7 heteroatoms. The highest BCUT2D eigenvalue weighted by atomic mass is 16.6. The van der Waals surface area contributed by atoms with Crippen LogP contribution >= 0.6 is 0 Å². The highest BCUT2D eigenvalue weighted by molar-refractivity contribution is 5.94. The Morgan fingerprint density at radius 2 is 1.90 bits per heavy atom. The number of unbranched alkanes of at least 4 members (excludes halogenated alkanes) is 1. The summed E-state index contributed by atoms with van der Waals surface area (Å²) < 4.78 is 0. The van der Waals surface area contributed by atoms with Crippen LogP contribution in [-0.4, -0.2) is 17.9 Å². The van der Waals surface area contributed by atoms with Crippen molar-refractivity contribution in [3.63, 3.8) is 0 Å². The van der Waals surface area contributed by atoms with Crippen LogP contribution in [0, 0.1) is 0 Å². The molecule has 0 aromatic heterocycles. The van der Waals surface area contributed by atoms with Crippen molar-refractivity contribution in [1.29, 1.82) is 0 Å². The second kappa shape index (κ2) is 8.35. The zero-order valence-corrected chi connectivity index (χ0v) is 11.9. The lowest BCUT2D eigenvalue weighted by Gasteiger charge is -2.13. The molecule has 2 amide bonds. The number of carbonyl (C=O) groups excluding carboxylic acids is 2. The minimum absolute atomic E-state index is 0.206. The SMILES string of the molecule is NOCc1cccc(C(N)=O)c1CCCC[C@H](N)C(N)=O. The van der Waals surface area contributed by atoms with E-state index in [2.05, 4.69) is 4.84 Å². The highest BCUT2D eigenvalue weighted by Crippen LogP contribution is 2.19. The van der Waals surface area contributed by atoms with Crippen molar-refractivity contribution in [2.24, 2.45) is 23.1 Å². The van der Waals surface area contributed by atoms with E-state index in [-0.39, 0.29) is 6.61 Å². The quantitative estimate of drug-likeness (QED) is 0.364. The summed E-state index contributed by atoms with van der Waals surface area (Å²) in [5, 5.41) is 0. The van der Waals surface area contributed by atoms with Gasteiger partial charge in [0.25, 0.3) is 0 Å². The Kier molecular flexibility index (Phi) is 6.80. The van der Waals surface area contributed by atoms with Gasteiger partial charge in [0.15, 0.2) is 0 Å². The van der Waals surface area contributed by atoms with E-state index >= 15 is 0 Å². The molecule has 0 aliphatic rings. The molecule has 116 valence electrons. The molecular formula is C14H22N4O3. The van der Waals surface area contributed by atoms with Crippen molar-refractivity contribution < 1.29 is 14.4 Å². The molecule has 1 rings (SSSR count). The van der Waals surface area contributed by atoms with E-state index in [9.17, 15) is 9.59 Å². The minimum atomic E-state index is -0.636. The van der Waals surface area contributed by atoms with Gasteiger partial charge in [0.05, 0.1) is 12.6 Å². The number of rotatable bonds is 9. The molecule has 0 radical (unpaired) electrons. The Morgan fingerprint density at radius 1 is 1.19 bits per heavy atom. The first-order valence-electron chi connectivity index (χ1n) is 6.74. The molecular weight excluding hydrogens is 272 g/mol. The van der Waals surface area contributed by atoms with Crippen molar-refractivity contribution in [2.75, 3.05) is 0 Å². The topological polar surface area (TPSA) is 147 Å². The molecule has 1 aromatic carbocycles. The van der Waals surface area contributed by atoms with Crippen LogP contribution in [0.5, 0.6) is 0 Å². The minimum Gasteiger partial charge on any atom is -0.368 e. The highest BCUT2D eigenvalue weighted by Gasteiger charge is 2.13. The third-order valence-corrected chi connectivity index (χ3v) is 3.33. The summed E-state index contributed by atoms with van der Waals surface area (Å²) in [5.74, 6) is 4.10. The molecule has 0 spiro atoms. The molecule has 1 atom stereocenters. The van der Waals surface area contributed by atoms with E-state index in [1.165, 1.54) is 0 Å². The molecule has 0 saturated heterocycles. The number of hydrogen-bond acceptors (Lipinski definition) is 5. The fourth-order valence-electron chi connectivity index (χ4n) is 2.19. The maximum absolute atomic E-state index is 11.5. The Morgan fingerprint density at radius 3 is 2.48 bits per heavy atom. The molecule has 0 fully saturated rings. The van der Waals surface area contributed by atoms with Crippen LogP contribution in [0.3, 0.4) is 0 Å². The van der Waals surface area contributed by atoms with Crippen LogP contribution in [0.25, 0.3) is 0 Å². The smallest absolute Gasteiger partial charge is 0.248 e. The molecule has 21 heavy (non-hydrogen) atoms. The number of primary amides is 2. The number of benzene rings is 1. The maximum Gasteiger partial charge on any atom is 0.248 e. The fraction of sp³-hybridized carbons (Fsp3) is 0.429. The molecule has 0 heterocycles. The second-order valence-electron chi connectivity index (χ2n) is 4.87. The van der Waals surface area contributed by atoms with Gasteiger partial charge in [-0.3, -0.25) is 14.4 Å². The molecule has 0 saturated carbocycles. The molecule has 7 nitrogen and oxygen atoms in total. The predicted molar refractivity (Wildman–Crippen MR) is 78.7 cm³/mol. The van der Waals surface area contributed by atoms with Gasteiger partial charge in [-0.1, -0.05) is 18.6 Å². The normalized spacial score (nSPS) is 12.1. The van der Waals surface area contributed by atoms with Crippen molar-refractivity contribution in [3.05, 3.63) is 34.9 Å². The summed E-state index contributed by atoms with van der Waals surface area (Å²) >= 11 is 0. The summed E-state index contributed by atoms with van der Waals surface area (Å²) in [7, 11) is 0. The van der Waals surface area contributed by atoms with Gasteiger partial charge in [0.1, 0.15) is 0 Å². The zero-order chi connectivity index (χ0) is 15.8. The van der Waals surface area contributed by atoms with Gasteiger partial charge < -0.3 is 17.2 Å². The first-order valence-corrected chi connectivity index (χ1v) is 6.74. The zero-order valence-electron chi connectivity index (χ0n) is 11.9. The summed E-state index contributed by atoms with van der Waals surface area (Å²) in [6, 6.07) is 4.61. The van der Waals surface area contributed by atoms with Gasteiger partial charge in [0, 0.05) is 5.56 Å². The Hall–Kier alpha value is -1.96. The van der Waals surface area contributed by atoms with Crippen LogP contribution in [-0.2, 0) is 22.7 Å². The van der Waals surface area contributed by atoms with Crippen LogP contribution in [0.4, 0.5) is 0 Å². The molecule has 1 aromatic rings. The fourth-order valence-corrected chi connectivity index (χ4v) is 2.19.